The van der Waals surface area contributed by atoms with Gasteiger partial charge in [0.05, 0.1) is 11.6 Å². The van der Waals surface area contributed by atoms with Gasteiger partial charge in [-0.2, -0.15) is 4.98 Å². The molecule has 172 valence electrons. The summed E-state index contributed by atoms with van der Waals surface area (Å²) in [6.07, 6.45) is 5.23. The summed E-state index contributed by atoms with van der Waals surface area (Å²) in [6.45, 7) is 7.29. The normalized spacial score (nSPS) is 16.3. The van der Waals surface area contributed by atoms with Crippen LogP contribution < -0.4 is 5.32 Å². The maximum Gasteiger partial charge on any atom is 0.258 e. The smallest absolute Gasteiger partial charge is 0.258 e. The highest BCUT2D eigenvalue weighted by molar-refractivity contribution is 7.98. The third-order valence-corrected chi connectivity index (χ3v) is 7.14. The molecule has 0 radical (unpaired) electrons. The van der Waals surface area contributed by atoms with Gasteiger partial charge in [-0.25, -0.2) is 0 Å². The zero-order valence-corrected chi connectivity index (χ0v) is 21.2. The Bertz CT molecular complexity index is 1140. The predicted octanol–water partition coefficient (Wildman–Crippen LogP) is 6.48. The van der Waals surface area contributed by atoms with Crippen LogP contribution in [-0.4, -0.2) is 33.0 Å². The molecule has 0 spiro atoms. The molecule has 5 nitrogen and oxygen atoms in total. The molecule has 2 aromatic carbocycles. The Balaban J connectivity index is 1.76. The highest BCUT2D eigenvalue weighted by atomic mass is 32.2. The van der Waals surface area contributed by atoms with E-state index in [1.54, 1.807) is 11.8 Å². The lowest BCUT2D eigenvalue weighted by atomic mass is 9.94. The van der Waals surface area contributed by atoms with Crippen molar-refractivity contribution in [3.8, 4) is 11.4 Å². The molecule has 1 aliphatic rings. The van der Waals surface area contributed by atoms with E-state index in [1.807, 2.05) is 0 Å². The van der Waals surface area contributed by atoms with Crippen molar-refractivity contribution in [2.75, 3.05) is 12.8 Å². The lowest BCUT2D eigenvalue weighted by Crippen LogP contribution is -2.46. The van der Waals surface area contributed by atoms with Crippen LogP contribution in [0.15, 0.2) is 63.6 Å². The summed E-state index contributed by atoms with van der Waals surface area (Å²) in [6, 6.07) is 16.7. The second-order valence-electron chi connectivity index (χ2n) is 8.13. The molecular weight excluding hydrogens is 448 g/mol. The van der Waals surface area contributed by atoms with E-state index >= 15 is 0 Å². The lowest BCUT2D eigenvalue weighted by Gasteiger charge is -2.37. The van der Waals surface area contributed by atoms with Gasteiger partial charge in [-0.3, -0.25) is 0 Å². The summed E-state index contributed by atoms with van der Waals surface area (Å²) < 4.78 is 5.84. The van der Waals surface area contributed by atoms with Crippen LogP contribution in [0.4, 0.5) is 0 Å². The molecule has 3 aromatic rings. The number of hydrogen-bond acceptors (Lipinski definition) is 5. The van der Waals surface area contributed by atoms with E-state index in [0.717, 1.165) is 53.3 Å². The molecule has 1 aliphatic heterocycles. The molecule has 1 N–H and O–H groups in total. The Kier molecular flexibility index (Phi) is 7.50. The van der Waals surface area contributed by atoms with Crippen molar-refractivity contribution >= 4 is 34.7 Å². The van der Waals surface area contributed by atoms with Crippen molar-refractivity contribution in [1.82, 2.24) is 20.4 Å². The SMILES string of the molecule is CCCCN1C(=S)NC(c2ccc(SC)cc2)C(c2nc(-c3ccc(CC)cc3)no2)=C1C. The van der Waals surface area contributed by atoms with Gasteiger partial charge in [0.1, 0.15) is 0 Å². The molecule has 1 atom stereocenters. The Morgan fingerprint density at radius 1 is 1.09 bits per heavy atom. The average Bonchev–Trinajstić information content (AvgIpc) is 3.33. The zero-order valence-electron chi connectivity index (χ0n) is 19.6. The number of thioether (sulfide) groups is 1. The fraction of sp³-hybridized carbons (Fsp3) is 0.346. The zero-order chi connectivity index (χ0) is 23.4. The molecule has 0 saturated carbocycles. The molecule has 0 saturated heterocycles. The van der Waals surface area contributed by atoms with Crippen LogP contribution in [0, 0.1) is 0 Å². The Hall–Kier alpha value is -2.64. The number of nitrogens with one attached hydrogen (secondary N) is 1. The van der Waals surface area contributed by atoms with Gasteiger partial charge in [0, 0.05) is 22.7 Å². The summed E-state index contributed by atoms with van der Waals surface area (Å²) in [4.78, 5) is 8.19. The largest absolute Gasteiger partial charge is 0.351 e. The lowest BCUT2D eigenvalue weighted by molar-refractivity contribution is 0.395. The summed E-state index contributed by atoms with van der Waals surface area (Å²) in [5.74, 6) is 1.12. The van der Waals surface area contributed by atoms with Gasteiger partial charge >= 0.3 is 0 Å². The average molecular weight is 479 g/mol. The van der Waals surface area contributed by atoms with Crippen molar-refractivity contribution in [3.63, 3.8) is 0 Å². The summed E-state index contributed by atoms with van der Waals surface area (Å²) >= 11 is 7.49. The van der Waals surface area contributed by atoms with Crippen molar-refractivity contribution in [2.24, 2.45) is 0 Å². The van der Waals surface area contributed by atoms with Crippen molar-refractivity contribution in [2.45, 2.75) is 51.0 Å². The molecule has 0 fully saturated rings. The summed E-state index contributed by atoms with van der Waals surface area (Å²) in [7, 11) is 0. The van der Waals surface area contributed by atoms with Crippen molar-refractivity contribution < 1.29 is 4.52 Å². The molecule has 4 rings (SSSR count). The van der Waals surface area contributed by atoms with E-state index in [1.165, 1.54) is 10.5 Å². The van der Waals surface area contributed by atoms with Gasteiger partial charge in [0.2, 0.25) is 5.82 Å². The van der Waals surface area contributed by atoms with Gasteiger partial charge in [-0.15, -0.1) is 11.8 Å². The minimum atomic E-state index is -0.151. The van der Waals surface area contributed by atoms with Crippen LogP contribution in [0.1, 0.15) is 56.7 Å². The topological polar surface area (TPSA) is 54.2 Å². The molecule has 33 heavy (non-hydrogen) atoms. The van der Waals surface area contributed by atoms with E-state index in [4.69, 9.17) is 21.7 Å². The molecule has 2 heterocycles. The number of allylic oxidation sites excluding steroid dienone is 1. The number of thiocarbonyl (C=S) groups is 1. The monoisotopic (exact) mass is 478 g/mol. The highest BCUT2D eigenvalue weighted by Crippen LogP contribution is 2.38. The predicted molar refractivity (Wildman–Crippen MR) is 140 cm³/mol. The molecular formula is C26H30N4OS2. The first-order valence-electron chi connectivity index (χ1n) is 11.4. The van der Waals surface area contributed by atoms with Crippen LogP contribution in [0.25, 0.3) is 17.0 Å². The Morgan fingerprint density at radius 2 is 1.82 bits per heavy atom. The molecule has 0 amide bonds. The Labute approximate surface area is 205 Å². The molecule has 1 aromatic heterocycles. The second-order valence-corrected chi connectivity index (χ2v) is 9.40. The first kappa shape index (κ1) is 23.5. The number of benzene rings is 2. The number of unbranched alkanes of at least 4 members (excludes halogenated alkanes) is 1. The number of nitrogens with zero attached hydrogens (tertiary/aromatic N) is 3. The number of rotatable bonds is 8. The van der Waals surface area contributed by atoms with Crippen LogP contribution in [0.3, 0.4) is 0 Å². The van der Waals surface area contributed by atoms with Crippen LogP contribution in [0.2, 0.25) is 0 Å². The third-order valence-electron chi connectivity index (χ3n) is 6.06. The van der Waals surface area contributed by atoms with Gasteiger partial charge in [-0.05, 0) is 61.5 Å². The minimum Gasteiger partial charge on any atom is -0.351 e. The third kappa shape index (κ3) is 4.99. The number of hydrogen-bond donors (Lipinski definition) is 1. The number of aryl methyl sites for hydroxylation is 1. The maximum atomic E-state index is 5.84. The fourth-order valence-corrected chi connectivity index (χ4v) is 4.78. The van der Waals surface area contributed by atoms with E-state index in [0.29, 0.717) is 11.7 Å². The van der Waals surface area contributed by atoms with Crippen LogP contribution >= 0.6 is 24.0 Å². The van der Waals surface area contributed by atoms with Gasteiger partial charge in [0.15, 0.2) is 5.11 Å². The van der Waals surface area contributed by atoms with Gasteiger partial charge in [-0.1, -0.05) is 61.8 Å². The van der Waals surface area contributed by atoms with Crippen LogP contribution in [0.5, 0.6) is 0 Å². The quantitative estimate of drug-likeness (QED) is 0.293. The minimum absolute atomic E-state index is 0.151. The van der Waals surface area contributed by atoms with Gasteiger partial charge in [0.25, 0.3) is 5.89 Å². The first-order valence-corrected chi connectivity index (χ1v) is 13.0. The molecule has 0 aliphatic carbocycles. The summed E-state index contributed by atoms with van der Waals surface area (Å²) in [5, 5.41) is 8.58. The second kappa shape index (κ2) is 10.5. The highest BCUT2D eigenvalue weighted by Gasteiger charge is 2.33. The van der Waals surface area contributed by atoms with Crippen LogP contribution in [-0.2, 0) is 6.42 Å². The molecule has 7 heteroatoms. The first-order chi connectivity index (χ1) is 16.0. The van der Waals surface area contributed by atoms with Crippen molar-refractivity contribution in [3.05, 3.63) is 71.2 Å². The number of aromatic nitrogens is 2. The van der Waals surface area contributed by atoms with Gasteiger partial charge < -0.3 is 14.7 Å². The van der Waals surface area contributed by atoms with E-state index in [2.05, 4.69) is 90.9 Å². The molecule has 1 unspecified atom stereocenters. The standard InChI is InChI=1S/C26H30N4OS2/c1-5-7-16-30-17(3)22(23(27-26(30)32)19-12-14-21(33-4)15-13-19)25-28-24(29-31-25)20-10-8-18(6-2)9-11-20/h8-15,23H,5-7,16H2,1-4H3,(H,27,32). The molecule has 0 bridgehead atoms. The summed E-state index contributed by atoms with van der Waals surface area (Å²) in [5.41, 5.74) is 5.38. The maximum absolute atomic E-state index is 5.84. The van der Waals surface area contributed by atoms with E-state index in [-0.39, 0.29) is 6.04 Å². The Morgan fingerprint density at radius 3 is 2.45 bits per heavy atom. The van der Waals surface area contributed by atoms with E-state index < -0.39 is 0 Å². The van der Waals surface area contributed by atoms with E-state index in [9.17, 15) is 0 Å². The fourth-order valence-electron chi connectivity index (χ4n) is 4.03. The van der Waals surface area contributed by atoms with Crippen molar-refractivity contribution in [1.29, 1.82) is 0 Å².